The molecule has 1 N–H and O–H groups in total. The second-order valence-electron chi connectivity index (χ2n) is 4.75. The largest absolute Gasteiger partial charge is 0.462 e. The Morgan fingerprint density at radius 1 is 1.30 bits per heavy atom. The zero-order chi connectivity index (χ0) is 16.2. The first-order chi connectivity index (χ1) is 11.2. The summed E-state index contributed by atoms with van der Waals surface area (Å²) in [4.78, 5) is 21.2. The molecule has 0 aliphatic carbocycles. The van der Waals surface area contributed by atoms with Gasteiger partial charge in [-0.1, -0.05) is 12.1 Å². The maximum Gasteiger partial charge on any atom is 0.339 e. The maximum atomic E-state index is 12.9. The summed E-state index contributed by atoms with van der Waals surface area (Å²) in [5.41, 5.74) is 1.36. The number of carbonyl (C=O) groups is 1. The first-order valence-corrected chi connectivity index (χ1v) is 7.94. The number of fused-ring (bicyclic) bond motifs is 1. The van der Waals surface area contributed by atoms with Crippen LogP contribution >= 0.6 is 11.3 Å². The molecule has 2 aromatic heterocycles. The van der Waals surface area contributed by atoms with E-state index in [1.54, 1.807) is 24.4 Å². The number of esters is 1. The number of rotatable bonds is 5. The summed E-state index contributed by atoms with van der Waals surface area (Å²) in [6.07, 6.45) is 1.45. The van der Waals surface area contributed by atoms with Crippen molar-refractivity contribution in [3.63, 3.8) is 0 Å². The van der Waals surface area contributed by atoms with E-state index < -0.39 is 5.97 Å². The minimum Gasteiger partial charge on any atom is -0.462 e. The Morgan fingerprint density at radius 3 is 2.83 bits per heavy atom. The summed E-state index contributed by atoms with van der Waals surface area (Å²) in [7, 11) is 0. The molecule has 0 aliphatic rings. The fourth-order valence-electron chi connectivity index (χ4n) is 2.16. The summed E-state index contributed by atoms with van der Waals surface area (Å²) in [5, 5.41) is 5.55. The highest BCUT2D eigenvalue weighted by Crippen LogP contribution is 2.30. The fourth-order valence-corrected chi connectivity index (χ4v) is 3.03. The van der Waals surface area contributed by atoms with Gasteiger partial charge in [-0.25, -0.2) is 19.2 Å². The molecule has 0 atom stereocenters. The van der Waals surface area contributed by atoms with Crippen LogP contribution in [0.25, 0.3) is 10.2 Å². The first-order valence-electron chi connectivity index (χ1n) is 7.06. The third-order valence-electron chi connectivity index (χ3n) is 3.24. The van der Waals surface area contributed by atoms with Crippen molar-refractivity contribution >= 4 is 33.3 Å². The van der Waals surface area contributed by atoms with Gasteiger partial charge < -0.3 is 10.1 Å². The molecule has 3 rings (SSSR count). The van der Waals surface area contributed by atoms with Crippen molar-refractivity contribution in [2.75, 3.05) is 11.9 Å². The molecule has 0 bridgehead atoms. The molecular formula is C16H14FN3O2S. The molecule has 118 valence electrons. The van der Waals surface area contributed by atoms with Gasteiger partial charge in [-0.15, -0.1) is 11.3 Å². The van der Waals surface area contributed by atoms with Crippen molar-refractivity contribution in [1.82, 2.24) is 9.97 Å². The number of aromatic nitrogens is 2. The van der Waals surface area contributed by atoms with Crippen molar-refractivity contribution in [2.24, 2.45) is 0 Å². The smallest absolute Gasteiger partial charge is 0.339 e. The average molecular weight is 331 g/mol. The lowest BCUT2D eigenvalue weighted by molar-refractivity contribution is 0.0529. The van der Waals surface area contributed by atoms with Crippen LogP contribution in [0.1, 0.15) is 22.8 Å². The standard InChI is InChI=1S/C16H14FN3O2S/c1-2-22-16(21)12-8-23-15-13(12)14(19-9-20-15)18-7-10-3-5-11(17)6-4-10/h3-6,8-9H,2,7H2,1H3,(H,18,19,20). The molecule has 7 heteroatoms. The number of anilines is 1. The van der Waals surface area contributed by atoms with Crippen LogP contribution in [0.3, 0.4) is 0 Å². The van der Waals surface area contributed by atoms with Crippen molar-refractivity contribution in [2.45, 2.75) is 13.5 Å². The average Bonchev–Trinajstić information content (AvgIpc) is 2.99. The Labute approximate surface area is 136 Å². The Morgan fingerprint density at radius 2 is 2.09 bits per heavy atom. The monoisotopic (exact) mass is 331 g/mol. The molecule has 0 saturated heterocycles. The van der Waals surface area contributed by atoms with Gasteiger partial charge in [-0.2, -0.15) is 0 Å². The van der Waals surface area contributed by atoms with Gasteiger partial charge in [-0.05, 0) is 24.6 Å². The van der Waals surface area contributed by atoms with E-state index in [1.165, 1.54) is 29.8 Å². The Kier molecular flexibility index (Phi) is 4.47. The minimum absolute atomic E-state index is 0.277. The van der Waals surface area contributed by atoms with Crippen molar-refractivity contribution < 1.29 is 13.9 Å². The highest BCUT2D eigenvalue weighted by molar-refractivity contribution is 7.17. The third kappa shape index (κ3) is 3.29. The van der Waals surface area contributed by atoms with E-state index in [9.17, 15) is 9.18 Å². The number of nitrogens with zero attached hydrogens (tertiary/aromatic N) is 2. The van der Waals surface area contributed by atoms with Crippen LogP contribution in [0.15, 0.2) is 36.0 Å². The normalized spacial score (nSPS) is 10.7. The second-order valence-corrected chi connectivity index (χ2v) is 5.61. The second kappa shape index (κ2) is 6.70. The van der Waals surface area contributed by atoms with E-state index in [-0.39, 0.29) is 5.82 Å². The van der Waals surface area contributed by atoms with Gasteiger partial charge in [0.05, 0.1) is 17.6 Å². The molecule has 5 nitrogen and oxygen atoms in total. The van der Waals surface area contributed by atoms with E-state index in [2.05, 4.69) is 15.3 Å². The summed E-state index contributed by atoms with van der Waals surface area (Å²) in [6.45, 7) is 2.53. The first kappa shape index (κ1) is 15.4. The molecule has 0 radical (unpaired) electrons. The van der Waals surface area contributed by atoms with E-state index in [0.29, 0.717) is 34.7 Å². The lowest BCUT2D eigenvalue weighted by Gasteiger charge is -2.08. The third-order valence-corrected chi connectivity index (χ3v) is 4.13. The molecule has 0 saturated carbocycles. The lowest BCUT2D eigenvalue weighted by Crippen LogP contribution is -2.07. The van der Waals surface area contributed by atoms with Crippen molar-refractivity contribution in [1.29, 1.82) is 0 Å². The molecule has 0 aliphatic heterocycles. The number of benzene rings is 1. The van der Waals surface area contributed by atoms with Gasteiger partial charge in [0.15, 0.2) is 0 Å². The lowest BCUT2D eigenvalue weighted by atomic mass is 10.2. The number of halogens is 1. The minimum atomic E-state index is -0.390. The zero-order valence-corrected chi connectivity index (χ0v) is 13.2. The molecular weight excluding hydrogens is 317 g/mol. The fraction of sp³-hybridized carbons (Fsp3) is 0.188. The van der Waals surface area contributed by atoms with E-state index in [0.717, 1.165) is 5.56 Å². The zero-order valence-electron chi connectivity index (χ0n) is 12.4. The predicted octanol–water partition coefficient (Wildman–Crippen LogP) is 3.62. The van der Waals surface area contributed by atoms with E-state index >= 15 is 0 Å². The highest BCUT2D eigenvalue weighted by atomic mass is 32.1. The van der Waals surface area contributed by atoms with Gasteiger partial charge in [0.25, 0.3) is 0 Å². The number of hydrogen-bond donors (Lipinski definition) is 1. The van der Waals surface area contributed by atoms with Crippen LogP contribution in [-0.4, -0.2) is 22.5 Å². The number of nitrogens with one attached hydrogen (secondary N) is 1. The SMILES string of the molecule is CCOC(=O)c1csc2ncnc(NCc3ccc(F)cc3)c12. The Balaban J connectivity index is 1.89. The number of thiophene rings is 1. The molecule has 0 unspecified atom stereocenters. The quantitative estimate of drug-likeness (QED) is 0.724. The van der Waals surface area contributed by atoms with E-state index in [1.807, 2.05) is 0 Å². The predicted molar refractivity (Wildman–Crippen MR) is 87.1 cm³/mol. The molecule has 0 spiro atoms. The molecule has 0 fully saturated rings. The summed E-state index contributed by atoms with van der Waals surface area (Å²) in [5.74, 6) is -0.109. The highest BCUT2D eigenvalue weighted by Gasteiger charge is 2.18. The van der Waals surface area contributed by atoms with Gasteiger partial charge in [-0.3, -0.25) is 0 Å². The van der Waals surface area contributed by atoms with Crippen molar-refractivity contribution in [3.05, 3.63) is 52.9 Å². The topological polar surface area (TPSA) is 64.1 Å². The molecule has 3 aromatic rings. The van der Waals surface area contributed by atoms with Crippen LogP contribution in [0.4, 0.5) is 10.2 Å². The van der Waals surface area contributed by atoms with Crippen LogP contribution < -0.4 is 5.32 Å². The Hall–Kier alpha value is -2.54. The Bertz CT molecular complexity index is 833. The van der Waals surface area contributed by atoms with Gasteiger partial charge in [0, 0.05) is 11.9 Å². The van der Waals surface area contributed by atoms with Crippen LogP contribution in [0.5, 0.6) is 0 Å². The number of carbonyl (C=O) groups excluding carboxylic acids is 1. The van der Waals surface area contributed by atoms with Gasteiger partial charge >= 0.3 is 5.97 Å². The summed E-state index contributed by atoms with van der Waals surface area (Å²) in [6, 6.07) is 6.20. The molecule has 0 amide bonds. The number of ether oxygens (including phenoxy) is 1. The summed E-state index contributed by atoms with van der Waals surface area (Å²) < 4.78 is 18.0. The number of hydrogen-bond acceptors (Lipinski definition) is 6. The van der Waals surface area contributed by atoms with Crippen LogP contribution in [-0.2, 0) is 11.3 Å². The molecule has 23 heavy (non-hydrogen) atoms. The van der Waals surface area contributed by atoms with Crippen LogP contribution in [0.2, 0.25) is 0 Å². The van der Waals surface area contributed by atoms with E-state index in [4.69, 9.17) is 4.74 Å². The molecule has 2 heterocycles. The van der Waals surface area contributed by atoms with Gasteiger partial charge in [0.1, 0.15) is 22.8 Å². The van der Waals surface area contributed by atoms with Crippen molar-refractivity contribution in [3.8, 4) is 0 Å². The summed E-state index contributed by atoms with van der Waals surface area (Å²) >= 11 is 1.36. The maximum absolute atomic E-state index is 12.9. The van der Waals surface area contributed by atoms with Crippen LogP contribution in [0, 0.1) is 5.82 Å². The molecule has 1 aromatic carbocycles. The van der Waals surface area contributed by atoms with Gasteiger partial charge in [0.2, 0.25) is 0 Å².